The number of rotatable bonds is 2. The van der Waals surface area contributed by atoms with Gasteiger partial charge in [-0.05, 0) is 18.1 Å². The van der Waals surface area contributed by atoms with Crippen LogP contribution in [0, 0.1) is 17.7 Å². The SMILES string of the molecule is COc1cccc(F)c1C#CC(=O)c1ccccc1. The molecule has 0 amide bonds. The minimum Gasteiger partial charge on any atom is -0.495 e. The van der Waals surface area contributed by atoms with Crippen LogP contribution in [0.1, 0.15) is 15.9 Å². The zero-order chi connectivity index (χ0) is 13.7. The fourth-order valence-electron chi connectivity index (χ4n) is 1.58. The van der Waals surface area contributed by atoms with Crippen LogP contribution in [0.4, 0.5) is 4.39 Å². The van der Waals surface area contributed by atoms with Crippen LogP contribution < -0.4 is 4.74 Å². The van der Waals surface area contributed by atoms with Gasteiger partial charge in [-0.25, -0.2) is 4.39 Å². The highest BCUT2D eigenvalue weighted by Crippen LogP contribution is 2.19. The fourth-order valence-corrected chi connectivity index (χ4v) is 1.58. The monoisotopic (exact) mass is 254 g/mol. The second-order valence-corrected chi connectivity index (χ2v) is 3.76. The minimum atomic E-state index is -0.507. The summed E-state index contributed by atoms with van der Waals surface area (Å²) < 4.78 is 18.6. The van der Waals surface area contributed by atoms with E-state index in [0.29, 0.717) is 11.3 Å². The van der Waals surface area contributed by atoms with Crippen LogP contribution in [0.15, 0.2) is 48.5 Å². The van der Waals surface area contributed by atoms with Crippen LogP contribution >= 0.6 is 0 Å². The first kappa shape index (κ1) is 12.8. The molecule has 94 valence electrons. The third kappa shape index (κ3) is 2.99. The molecule has 0 N–H and O–H groups in total. The molecule has 0 aliphatic rings. The molecule has 0 heterocycles. The summed E-state index contributed by atoms with van der Waals surface area (Å²) in [6.07, 6.45) is 0. The van der Waals surface area contributed by atoms with E-state index in [9.17, 15) is 9.18 Å². The van der Waals surface area contributed by atoms with Gasteiger partial charge in [0.1, 0.15) is 17.1 Å². The molecule has 2 aromatic carbocycles. The molecule has 0 aromatic heterocycles. The third-order valence-electron chi connectivity index (χ3n) is 2.53. The van der Waals surface area contributed by atoms with E-state index in [0.717, 1.165) is 0 Å². The Balaban J connectivity index is 2.33. The van der Waals surface area contributed by atoms with E-state index in [-0.39, 0.29) is 11.3 Å². The lowest BCUT2D eigenvalue weighted by Gasteiger charge is -2.02. The number of ether oxygens (including phenoxy) is 1. The van der Waals surface area contributed by atoms with Crippen molar-refractivity contribution in [2.45, 2.75) is 0 Å². The third-order valence-corrected chi connectivity index (χ3v) is 2.53. The van der Waals surface area contributed by atoms with Gasteiger partial charge in [0.15, 0.2) is 0 Å². The molecule has 0 aliphatic carbocycles. The Morgan fingerprint density at radius 2 is 1.84 bits per heavy atom. The maximum atomic E-state index is 13.6. The number of carbonyl (C=O) groups is 1. The van der Waals surface area contributed by atoms with Crippen molar-refractivity contribution in [1.29, 1.82) is 0 Å². The van der Waals surface area contributed by atoms with E-state index in [1.165, 1.54) is 19.2 Å². The van der Waals surface area contributed by atoms with Crippen LogP contribution in [0.3, 0.4) is 0 Å². The van der Waals surface area contributed by atoms with Crippen LogP contribution in [0.2, 0.25) is 0 Å². The molecule has 2 nitrogen and oxygen atoms in total. The van der Waals surface area contributed by atoms with Crippen molar-refractivity contribution in [1.82, 2.24) is 0 Å². The summed E-state index contributed by atoms with van der Waals surface area (Å²) in [4.78, 5) is 11.8. The molecule has 0 aliphatic heterocycles. The number of Topliss-reactive ketones (excluding diaryl/α,β-unsaturated/α-hetero) is 1. The maximum Gasteiger partial charge on any atom is 0.236 e. The Morgan fingerprint density at radius 3 is 2.53 bits per heavy atom. The molecule has 2 aromatic rings. The summed E-state index contributed by atoms with van der Waals surface area (Å²) in [6.45, 7) is 0. The quantitative estimate of drug-likeness (QED) is 0.608. The number of hydrogen-bond acceptors (Lipinski definition) is 2. The Kier molecular flexibility index (Phi) is 3.94. The first-order valence-corrected chi connectivity index (χ1v) is 5.66. The highest BCUT2D eigenvalue weighted by Gasteiger charge is 2.06. The number of methoxy groups -OCH3 is 1. The zero-order valence-corrected chi connectivity index (χ0v) is 10.3. The van der Waals surface area contributed by atoms with Crippen molar-refractivity contribution >= 4 is 5.78 Å². The van der Waals surface area contributed by atoms with Gasteiger partial charge in [0.25, 0.3) is 0 Å². The minimum absolute atomic E-state index is 0.0919. The van der Waals surface area contributed by atoms with Gasteiger partial charge < -0.3 is 4.74 Å². The van der Waals surface area contributed by atoms with Crippen molar-refractivity contribution < 1.29 is 13.9 Å². The van der Waals surface area contributed by atoms with Gasteiger partial charge in [0.05, 0.1) is 7.11 Å². The largest absolute Gasteiger partial charge is 0.495 e. The van der Waals surface area contributed by atoms with E-state index in [2.05, 4.69) is 11.8 Å². The van der Waals surface area contributed by atoms with Gasteiger partial charge in [-0.2, -0.15) is 0 Å². The highest BCUT2D eigenvalue weighted by molar-refractivity contribution is 6.09. The predicted molar refractivity (Wildman–Crippen MR) is 70.6 cm³/mol. The Hall–Kier alpha value is -2.60. The second-order valence-electron chi connectivity index (χ2n) is 3.76. The molecular formula is C16H11FO2. The number of benzene rings is 2. The van der Waals surface area contributed by atoms with Crippen LogP contribution in [-0.2, 0) is 0 Å². The predicted octanol–water partition coefficient (Wildman–Crippen LogP) is 3.07. The summed E-state index contributed by atoms with van der Waals surface area (Å²) in [5.74, 6) is 4.40. The van der Waals surface area contributed by atoms with Crippen LogP contribution in [0.25, 0.3) is 0 Å². The summed E-state index contributed by atoms with van der Waals surface area (Å²) in [6, 6.07) is 13.0. The highest BCUT2D eigenvalue weighted by atomic mass is 19.1. The standard InChI is InChI=1S/C16H11FO2/c1-19-16-9-5-8-14(17)13(16)10-11-15(18)12-6-3-2-4-7-12/h2-9H,1H3. The average Bonchev–Trinajstić information content (AvgIpc) is 2.46. The lowest BCUT2D eigenvalue weighted by molar-refractivity contribution is 0.105. The summed E-state index contributed by atoms with van der Waals surface area (Å²) in [5, 5.41) is 0. The fraction of sp³-hybridized carbons (Fsp3) is 0.0625. The first-order chi connectivity index (χ1) is 9.22. The molecule has 0 fully saturated rings. The van der Waals surface area contributed by atoms with Crippen LogP contribution in [-0.4, -0.2) is 12.9 Å². The molecule has 0 saturated carbocycles. The molecule has 0 radical (unpaired) electrons. The van der Waals surface area contributed by atoms with Gasteiger partial charge in [-0.15, -0.1) is 0 Å². The molecule has 0 unspecified atom stereocenters. The lowest BCUT2D eigenvalue weighted by atomic mass is 10.1. The smallest absolute Gasteiger partial charge is 0.236 e. The topological polar surface area (TPSA) is 26.3 Å². The van der Waals surface area contributed by atoms with Gasteiger partial charge in [0, 0.05) is 5.56 Å². The van der Waals surface area contributed by atoms with Gasteiger partial charge in [-0.1, -0.05) is 42.3 Å². The number of carbonyl (C=O) groups excluding carboxylic acids is 1. The van der Waals surface area contributed by atoms with E-state index in [1.807, 2.05) is 6.07 Å². The summed E-state index contributed by atoms with van der Waals surface area (Å²) in [7, 11) is 1.43. The van der Waals surface area contributed by atoms with E-state index >= 15 is 0 Å². The van der Waals surface area contributed by atoms with Crippen molar-refractivity contribution in [3.05, 3.63) is 65.5 Å². The van der Waals surface area contributed by atoms with Gasteiger partial charge in [-0.3, -0.25) is 4.79 Å². The lowest BCUT2D eigenvalue weighted by Crippen LogP contribution is -1.96. The maximum absolute atomic E-state index is 13.6. The molecule has 19 heavy (non-hydrogen) atoms. The molecule has 0 bridgehead atoms. The van der Waals surface area contributed by atoms with Gasteiger partial charge >= 0.3 is 0 Å². The summed E-state index contributed by atoms with van der Waals surface area (Å²) in [5.41, 5.74) is 0.569. The molecule has 2 rings (SSSR count). The zero-order valence-electron chi connectivity index (χ0n) is 10.3. The Bertz CT molecular complexity index is 651. The van der Waals surface area contributed by atoms with Crippen molar-refractivity contribution in [3.8, 4) is 17.6 Å². The van der Waals surface area contributed by atoms with Crippen LogP contribution in [0.5, 0.6) is 5.75 Å². The average molecular weight is 254 g/mol. The first-order valence-electron chi connectivity index (χ1n) is 5.66. The molecule has 0 spiro atoms. The second kappa shape index (κ2) is 5.83. The van der Waals surface area contributed by atoms with E-state index in [1.54, 1.807) is 30.3 Å². The van der Waals surface area contributed by atoms with E-state index in [4.69, 9.17) is 4.74 Å². The molecular weight excluding hydrogens is 243 g/mol. The number of halogens is 1. The van der Waals surface area contributed by atoms with Crippen molar-refractivity contribution in [2.75, 3.05) is 7.11 Å². The molecule has 0 saturated heterocycles. The normalized spacial score (nSPS) is 9.37. The van der Waals surface area contributed by atoms with E-state index < -0.39 is 5.82 Å². The van der Waals surface area contributed by atoms with Crippen molar-refractivity contribution in [3.63, 3.8) is 0 Å². The summed E-state index contributed by atoms with van der Waals surface area (Å²) >= 11 is 0. The number of ketones is 1. The Labute approximate surface area is 110 Å². The Morgan fingerprint density at radius 1 is 1.11 bits per heavy atom. The molecule has 3 heteroatoms. The van der Waals surface area contributed by atoms with Gasteiger partial charge in [0.2, 0.25) is 5.78 Å². The van der Waals surface area contributed by atoms with Crippen molar-refractivity contribution in [2.24, 2.45) is 0 Å². The molecule has 0 atom stereocenters. The number of hydrogen-bond donors (Lipinski definition) is 0.